The average molecular weight is 529 g/mol. The van der Waals surface area contributed by atoms with E-state index in [1.54, 1.807) is 0 Å². The zero-order chi connectivity index (χ0) is 26.9. The SMILES string of the molecule is CC(=O)N[C@@H]1[C@H](O[C@H]2[C@H](O)[C@@H](O)[C@@H](O[C@H]3C(O)O[C@@H](C)[C@H](O)[C@H]3O)O[C@@H]2CO)O[C@H](CO)[C@@H](O)[C@@H]1O. The largest absolute Gasteiger partial charge is 0.394 e. The minimum Gasteiger partial charge on any atom is -0.394 e. The smallest absolute Gasteiger partial charge is 0.217 e. The Morgan fingerprint density at radius 2 is 1.28 bits per heavy atom. The molecule has 0 saturated carbocycles. The second-order valence-electron chi connectivity index (χ2n) is 9.05. The molecule has 210 valence electrons. The fourth-order valence-electron chi connectivity index (χ4n) is 4.40. The summed E-state index contributed by atoms with van der Waals surface area (Å²) >= 11 is 0. The molecule has 0 aromatic rings. The number of carbonyl (C=O) groups excluding carboxylic acids is 1. The molecule has 1 amide bonds. The number of nitrogens with one attached hydrogen (secondary N) is 1. The summed E-state index contributed by atoms with van der Waals surface area (Å²) in [5, 5.41) is 93.9. The Kier molecular flexibility index (Phi) is 9.97. The molecule has 16 nitrogen and oxygen atoms in total. The van der Waals surface area contributed by atoms with Gasteiger partial charge in [-0.1, -0.05) is 0 Å². The first-order valence-corrected chi connectivity index (χ1v) is 11.4. The predicted molar refractivity (Wildman–Crippen MR) is 111 cm³/mol. The van der Waals surface area contributed by atoms with E-state index < -0.39 is 111 Å². The van der Waals surface area contributed by atoms with Crippen molar-refractivity contribution in [3.05, 3.63) is 0 Å². The van der Waals surface area contributed by atoms with E-state index in [-0.39, 0.29) is 0 Å². The summed E-state index contributed by atoms with van der Waals surface area (Å²) in [6.45, 7) is 1.01. The lowest BCUT2D eigenvalue weighted by Crippen LogP contribution is -2.68. The van der Waals surface area contributed by atoms with E-state index in [9.17, 15) is 50.8 Å². The minimum absolute atomic E-state index is 0.623. The van der Waals surface area contributed by atoms with Crippen molar-refractivity contribution < 1.29 is 74.4 Å². The molecule has 15 atom stereocenters. The molecule has 3 fully saturated rings. The number of rotatable bonds is 7. The number of hydrogen-bond donors (Lipinski definition) is 10. The van der Waals surface area contributed by atoms with Crippen molar-refractivity contribution in [2.75, 3.05) is 13.2 Å². The first-order valence-electron chi connectivity index (χ1n) is 11.4. The number of aliphatic hydroxyl groups is 9. The number of hydrogen-bond acceptors (Lipinski definition) is 15. The van der Waals surface area contributed by atoms with Gasteiger partial charge in [0.05, 0.1) is 19.3 Å². The van der Waals surface area contributed by atoms with Crippen LogP contribution >= 0.6 is 0 Å². The third kappa shape index (κ3) is 5.97. The third-order valence-electron chi connectivity index (χ3n) is 6.46. The Labute approximate surface area is 205 Å². The number of aliphatic hydroxyl groups excluding tert-OH is 9. The molecule has 3 rings (SSSR count). The standard InChI is InChI=1S/C20H35NO15/c1-5-10(25)13(28)17(18(31)32-5)36-20-15(30)14(29)16(8(4-23)34-20)35-19-9(21-6(2)24)12(27)11(26)7(3-22)33-19/h5,7-20,22-23,25-31H,3-4H2,1-2H3,(H,21,24)/t5-,7+,8+,9-,10-,11+,12+,13+,14+,15+,16+,17+,18?,19-,20+/m0/s1. The Morgan fingerprint density at radius 1 is 0.722 bits per heavy atom. The molecule has 0 bridgehead atoms. The van der Waals surface area contributed by atoms with Gasteiger partial charge in [0.25, 0.3) is 0 Å². The molecule has 16 heteroatoms. The summed E-state index contributed by atoms with van der Waals surface area (Å²) in [5.41, 5.74) is 0. The van der Waals surface area contributed by atoms with Crippen LogP contribution in [-0.4, -0.2) is 157 Å². The lowest BCUT2D eigenvalue weighted by atomic mass is 9.95. The van der Waals surface area contributed by atoms with Gasteiger partial charge in [0, 0.05) is 6.92 Å². The number of amides is 1. The van der Waals surface area contributed by atoms with Crippen LogP contribution in [0.4, 0.5) is 0 Å². The van der Waals surface area contributed by atoms with Crippen molar-refractivity contribution in [3.63, 3.8) is 0 Å². The van der Waals surface area contributed by atoms with E-state index in [2.05, 4.69) is 5.32 Å². The van der Waals surface area contributed by atoms with E-state index in [4.69, 9.17) is 23.7 Å². The van der Waals surface area contributed by atoms with Gasteiger partial charge in [0.2, 0.25) is 5.91 Å². The quantitative estimate of drug-likeness (QED) is 0.147. The highest BCUT2D eigenvalue weighted by molar-refractivity contribution is 5.73. The van der Waals surface area contributed by atoms with E-state index in [1.807, 2.05) is 0 Å². The Balaban J connectivity index is 1.75. The minimum atomic E-state index is -1.89. The van der Waals surface area contributed by atoms with Crippen LogP contribution in [0.3, 0.4) is 0 Å². The van der Waals surface area contributed by atoms with Gasteiger partial charge in [-0.25, -0.2) is 0 Å². The summed E-state index contributed by atoms with van der Waals surface area (Å²) in [6, 6.07) is -1.37. The molecular formula is C20H35NO15. The zero-order valence-corrected chi connectivity index (χ0v) is 19.5. The van der Waals surface area contributed by atoms with Gasteiger partial charge in [-0.15, -0.1) is 0 Å². The summed E-state index contributed by atoms with van der Waals surface area (Å²) in [6.07, 6.45) is -21.9. The van der Waals surface area contributed by atoms with Crippen molar-refractivity contribution in [3.8, 4) is 0 Å². The van der Waals surface area contributed by atoms with Crippen LogP contribution in [0.15, 0.2) is 0 Å². The molecule has 0 spiro atoms. The van der Waals surface area contributed by atoms with Crippen LogP contribution in [0.2, 0.25) is 0 Å². The van der Waals surface area contributed by atoms with E-state index in [0.29, 0.717) is 0 Å². The molecule has 3 heterocycles. The van der Waals surface area contributed by atoms with Gasteiger partial charge in [0.1, 0.15) is 67.1 Å². The molecule has 1 unspecified atom stereocenters. The highest BCUT2D eigenvalue weighted by Gasteiger charge is 2.53. The fraction of sp³-hybridized carbons (Fsp3) is 0.950. The molecular weight excluding hydrogens is 494 g/mol. The van der Waals surface area contributed by atoms with Gasteiger partial charge < -0.3 is 75.0 Å². The van der Waals surface area contributed by atoms with Crippen LogP contribution in [0.25, 0.3) is 0 Å². The summed E-state index contributed by atoms with van der Waals surface area (Å²) < 4.78 is 27.0. The first-order chi connectivity index (χ1) is 16.9. The molecule has 3 saturated heterocycles. The third-order valence-corrected chi connectivity index (χ3v) is 6.46. The van der Waals surface area contributed by atoms with Crippen LogP contribution in [0.1, 0.15) is 13.8 Å². The van der Waals surface area contributed by atoms with Crippen LogP contribution < -0.4 is 5.32 Å². The van der Waals surface area contributed by atoms with Crippen LogP contribution in [0.5, 0.6) is 0 Å². The lowest BCUT2D eigenvalue weighted by Gasteiger charge is -2.48. The van der Waals surface area contributed by atoms with E-state index in [1.165, 1.54) is 6.92 Å². The van der Waals surface area contributed by atoms with E-state index >= 15 is 0 Å². The fourth-order valence-corrected chi connectivity index (χ4v) is 4.40. The Hall–Kier alpha value is -1.09. The Bertz CT molecular complexity index is 729. The molecule has 0 aromatic carbocycles. The predicted octanol–water partition coefficient (Wildman–Crippen LogP) is -6.40. The normalized spacial score (nSPS) is 50.0. The maximum Gasteiger partial charge on any atom is 0.217 e. The molecule has 3 aliphatic rings. The van der Waals surface area contributed by atoms with Crippen molar-refractivity contribution >= 4 is 5.91 Å². The van der Waals surface area contributed by atoms with Gasteiger partial charge >= 0.3 is 0 Å². The zero-order valence-electron chi connectivity index (χ0n) is 19.5. The Morgan fingerprint density at radius 3 is 1.86 bits per heavy atom. The molecule has 36 heavy (non-hydrogen) atoms. The second kappa shape index (κ2) is 12.2. The number of ether oxygens (including phenoxy) is 5. The molecule has 10 N–H and O–H groups in total. The average Bonchev–Trinajstić information content (AvgIpc) is 2.83. The highest BCUT2D eigenvalue weighted by atomic mass is 16.8. The van der Waals surface area contributed by atoms with Crippen LogP contribution in [-0.2, 0) is 28.5 Å². The first kappa shape index (κ1) is 29.5. The topological polar surface area (TPSA) is 257 Å². The maximum atomic E-state index is 11.6. The summed E-state index contributed by atoms with van der Waals surface area (Å²) in [5.74, 6) is -0.623. The van der Waals surface area contributed by atoms with Crippen molar-refractivity contribution in [2.45, 2.75) is 106 Å². The van der Waals surface area contributed by atoms with Gasteiger partial charge in [0.15, 0.2) is 18.9 Å². The molecule has 0 aromatic heterocycles. The summed E-state index contributed by atoms with van der Waals surface area (Å²) in [7, 11) is 0. The monoisotopic (exact) mass is 529 g/mol. The van der Waals surface area contributed by atoms with E-state index in [0.717, 1.165) is 6.92 Å². The van der Waals surface area contributed by atoms with Crippen molar-refractivity contribution in [2.24, 2.45) is 0 Å². The van der Waals surface area contributed by atoms with Gasteiger partial charge in [-0.3, -0.25) is 4.79 Å². The second-order valence-corrected chi connectivity index (χ2v) is 9.05. The maximum absolute atomic E-state index is 11.6. The highest BCUT2D eigenvalue weighted by Crippen LogP contribution is 2.32. The van der Waals surface area contributed by atoms with Crippen molar-refractivity contribution in [1.82, 2.24) is 5.32 Å². The van der Waals surface area contributed by atoms with Gasteiger partial charge in [-0.2, -0.15) is 0 Å². The van der Waals surface area contributed by atoms with Gasteiger partial charge in [-0.05, 0) is 6.92 Å². The lowest BCUT2D eigenvalue weighted by molar-refractivity contribution is -0.375. The molecule has 3 aliphatic heterocycles. The summed E-state index contributed by atoms with van der Waals surface area (Å²) in [4.78, 5) is 11.6. The molecule has 0 radical (unpaired) electrons. The number of carbonyl (C=O) groups is 1. The molecule has 0 aliphatic carbocycles. The van der Waals surface area contributed by atoms with Crippen LogP contribution in [0, 0.1) is 0 Å². The van der Waals surface area contributed by atoms with Crippen molar-refractivity contribution in [1.29, 1.82) is 0 Å².